The monoisotopic (exact) mass is 495 g/mol. The second-order valence-corrected chi connectivity index (χ2v) is 10.1. The summed E-state index contributed by atoms with van der Waals surface area (Å²) in [4.78, 5) is 18.0. The first-order valence-electron chi connectivity index (χ1n) is 8.69. The Bertz CT molecular complexity index is 1220. The number of anilines is 1. The number of thiazole rings is 1. The van der Waals surface area contributed by atoms with E-state index in [1.807, 2.05) is 28.4 Å². The van der Waals surface area contributed by atoms with Crippen molar-refractivity contribution in [2.75, 3.05) is 11.1 Å². The number of benzene rings is 1. The Balaban J connectivity index is 1.38. The molecule has 1 amide bonds. The fourth-order valence-electron chi connectivity index (χ4n) is 2.69. The van der Waals surface area contributed by atoms with Gasteiger partial charge in [0, 0.05) is 38.8 Å². The Hall–Kier alpha value is -1.91. The SMILES string of the molecule is Cc1cc(-c2nnc(SCC(=O)Nc3nc(-c4ccc(Cl)cc4Cl)cs3)n2C)cs1. The lowest BCUT2D eigenvalue weighted by Crippen LogP contribution is -2.14. The first-order chi connectivity index (χ1) is 14.4. The largest absolute Gasteiger partial charge is 0.305 e. The normalized spacial score (nSPS) is 11.1. The summed E-state index contributed by atoms with van der Waals surface area (Å²) in [5, 5.41) is 17.4. The van der Waals surface area contributed by atoms with E-state index in [1.54, 1.807) is 23.5 Å². The van der Waals surface area contributed by atoms with Crippen LogP contribution in [0, 0.1) is 6.92 Å². The number of nitrogens with one attached hydrogen (secondary N) is 1. The van der Waals surface area contributed by atoms with Gasteiger partial charge in [-0.15, -0.1) is 32.9 Å². The van der Waals surface area contributed by atoms with Gasteiger partial charge in [-0.2, -0.15) is 0 Å². The van der Waals surface area contributed by atoms with Crippen molar-refractivity contribution in [2.45, 2.75) is 12.1 Å². The van der Waals surface area contributed by atoms with Gasteiger partial charge in [-0.3, -0.25) is 4.79 Å². The van der Waals surface area contributed by atoms with Crippen molar-refractivity contribution in [3.63, 3.8) is 0 Å². The zero-order valence-corrected chi connectivity index (χ0v) is 19.8. The van der Waals surface area contributed by atoms with Crippen molar-refractivity contribution >= 4 is 68.7 Å². The maximum absolute atomic E-state index is 12.4. The lowest BCUT2D eigenvalue weighted by molar-refractivity contribution is -0.113. The van der Waals surface area contributed by atoms with E-state index in [2.05, 4.69) is 33.5 Å². The van der Waals surface area contributed by atoms with Crippen molar-refractivity contribution in [3.8, 4) is 22.6 Å². The van der Waals surface area contributed by atoms with E-state index >= 15 is 0 Å². The molecule has 0 bridgehead atoms. The third-order valence-electron chi connectivity index (χ3n) is 4.11. The highest BCUT2D eigenvalue weighted by Crippen LogP contribution is 2.32. The molecule has 30 heavy (non-hydrogen) atoms. The summed E-state index contributed by atoms with van der Waals surface area (Å²) in [6.45, 7) is 2.05. The van der Waals surface area contributed by atoms with E-state index in [9.17, 15) is 4.79 Å². The minimum Gasteiger partial charge on any atom is -0.305 e. The number of thioether (sulfide) groups is 1. The number of amides is 1. The van der Waals surface area contributed by atoms with Gasteiger partial charge < -0.3 is 9.88 Å². The molecule has 0 unspecified atom stereocenters. The Kier molecular flexibility index (Phi) is 6.45. The van der Waals surface area contributed by atoms with Crippen LogP contribution < -0.4 is 5.32 Å². The average Bonchev–Trinajstić information content (AvgIpc) is 3.41. The molecule has 154 valence electrons. The minimum absolute atomic E-state index is 0.168. The molecule has 1 aromatic carbocycles. The molecule has 0 spiro atoms. The van der Waals surface area contributed by atoms with Gasteiger partial charge in [0.15, 0.2) is 16.1 Å². The number of thiophene rings is 1. The van der Waals surface area contributed by atoms with Gasteiger partial charge >= 0.3 is 0 Å². The van der Waals surface area contributed by atoms with Crippen LogP contribution in [0.3, 0.4) is 0 Å². The summed E-state index contributed by atoms with van der Waals surface area (Å²) < 4.78 is 1.89. The topological polar surface area (TPSA) is 72.7 Å². The van der Waals surface area contributed by atoms with Gasteiger partial charge in [0.1, 0.15) is 0 Å². The molecule has 6 nitrogen and oxygen atoms in total. The molecular weight excluding hydrogens is 481 g/mol. The molecule has 0 atom stereocenters. The van der Waals surface area contributed by atoms with E-state index in [0.717, 1.165) is 17.0 Å². The van der Waals surface area contributed by atoms with Crippen LogP contribution in [0.2, 0.25) is 10.0 Å². The van der Waals surface area contributed by atoms with Crippen LogP contribution in [0.5, 0.6) is 0 Å². The fraction of sp³-hybridized carbons (Fsp3) is 0.158. The van der Waals surface area contributed by atoms with Crippen LogP contribution in [0.25, 0.3) is 22.6 Å². The zero-order chi connectivity index (χ0) is 21.3. The molecule has 0 aliphatic heterocycles. The lowest BCUT2D eigenvalue weighted by Gasteiger charge is -2.03. The van der Waals surface area contributed by atoms with Crippen molar-refractivity contribution in [1.29, 1.82) is 0 Å². The van der Waals surface area contributed by atoms with Crippen LogP contribution in [-0.2, 0) is 11.8 Å². The van der Waals surface area contributed by atoms with E-state index in [-0.39, 0.29) is 11.7 Å². The number of carbonyl (C=O) groups excluding carboxylic acids is 1. The van der Waals surface area contributed by atoms with Crippen molar-refractivity contribution < 1.29 is 4.79 Å². The number of hydrogen-bond donors (Lipinski definition) is 1. The van der Waals surface area contributed by atoms with Crippen LogP contribution in [0.4, 0.5) is 5.13 Å². The Labute approximate surface area is 195 Å². The number of nitrogens with zero attached hydrogens (tertiary/aromatic N) is 4. The van der Waals surface area contributed by atoms with Crippen molar-refractivity contribution in [1.82, 2.24) is 19.7 Å². The predicted octanol–water partition coefficient (Wildman–Crippen LogP) is 6.01. The number of aryl methyl sites for hydroxylation is 1. The molecule has 0 radical (unpaired) electrons. The highest BCUT2D eigenvalue weighted by molar-refractivity contribution is 7.99. The Morgan fingerprint density at radius 2 is 2.03 bits per heavy atom. The molecule has 4 rings (SSSR count). The first-order valence-corrected chi connectivity index (χ1v) is 12.2. The maximum Gasteiger partial charge on any atom is 0.236 e. The van der Waals surface area contributed by atoms with Gasteiger partial charge in [-0.05, 0) is 31.2 Å². The summed E-state index contributed by atoms with van der Waals surface area (Å²) in [5.74, 6) is 0.816. The maximum atomic E-state index is 12.4. The second-order valence-electron chi connectivity index (χ2n) is 6.31. The number of halogens is 2. The van der Waals surface area contributed by atoms with Crippen molar-refractivity contribution in [3.05, 3.63) is 49.9 Å². The molecule has 3 heterocycles. The molecular formula is C19H15Cl2N5OS3. The summed E-state index contributed by atoms with van der Waals surface area (Å²) in [6.07, 6.45) is 0. The van der Waals surface area contributed by atoms with Crippen LogP contribution in [-0.4, -0.2) is 31.4 Å². The van der Waals surface area contributed by atoms with Gasteiger partial charge in [0.05, 0.1) is 16.5 Å². The average molecular weight is 496 g/mol. The smallest absolute Gasteiger partial charge is 0.236 e. The predicted molar refractivity (Wildman–Crippen MR) is 126 cm³/mol. The molecule has 0 aliphatic rings. The van der Waals surface area contributed by atoms with Crippen LogP contribution in [0.15, 0.2) is 40.2 Å². The van der Waals surface area contributed by atoms with E-state index < -0.39 is 0 Å². The highest BCUT2D eigenvalue weighted by atomic mass is 35.5. The zero-order valence-electron chi connectivity index (χ0n) is 15.8. The molecule has 1 N–H and O–H groups in total. The quantitative estimate of drug-likeness (QED) is 0.331. The molecule has 11 heteroatoms. The number of rotatable bonds is 6. The summed E-state index contributed by atoms with van der Waals surface area (Å²) in [6, 6.07) is 7.30. The number of aromatic nitrogens is 4. The molecule has 0 aliphatic carbocycles. The number of hydrogen-bond acceptors (Lipinski definition) is 7. The van der Waals surface area contributed by atoms with Crippen molar-refractivity contribution in [2.24, 2.45) is 7.05 Å². The summed E-state index contributed by atoms with van der Waals surface area (Å²) >= 11 is 16.5. The number of carbonyl (C=O) groups is 1. The minimum atomic E-state index is -0.168. The standard InChI is InChI=1S/C19H15Cl2N5OS3/c1-10-5-11(7-28-10)17-24-25-19(26(17)2)30-9-16(27)23-18-22-15(8-29-18)13-4-3-12(20)6-14(13)21/h3-8H,9H2,1-2H3,(H,22,23,27). The second kappa shape index (κ2) is 9.07. The molecule has 3 aromatic heterocycles. The van der Waals surface area contributed by atoms with Crippen LogP contribution >= 0.6 is 57.6 Å². The highest BCUT2D eigenvalue weighted by Gasteiger charge is 2.15. The van der Waals surface area contributed by atoms with Gasteiger partial charge in [0.25, 0.3) is 0 Å². The molecule has 0 saturated carbocycles. The fourth-order valence-corrected chi connectivity index (χ4v) is 5.31. The Morgan fingerprint density at radius 3 is 2.77 bits per heavy atom. The lowest BCUT2D eigenvalue weighted by atomic mass is 10.2. The third kappa shape index (κ3) is 4.70. The van der Waals surface area contributed by atoms with Gasteiger partial charge in [-0.25, -0.2) is 4.98 Å². The molecule has 0 saturated heterocycles. The third-order valence-corrected chi connectivity index (χ3v) is 7.30. The summed E-state index contributed by atoms with van der Waals surface area (Å²) in [5.41, 5.74) is 2.48. The Morgan fingerprint density at radius 1 is 1.20 bits per heavy atom. The first kappa shape index (κ1) is 21.3. The van der Waals surface area contributed by atoms with Crippen LogP contribution in [0.1, 0.15) is 4.88 Å². The van der Waals surface area contributed by atoms with E-state index in [0.29, 0.717) is 26.0 Å². The van der Waals surface area contributed by atoms with Gasteiger partial charge in [0.2, 0.25) is 5.91 Å². The summed E-state index contributed by atoms with van der Waals surface area (Å²) in [7, 11) is 1.89. The molecule has 4 aromatic rings. The van der Waals surface area contributed by atoms with E-state index in [4.69, 9.17) is 23.2 Å². The van der Waals surface area contributed by atoms with E-state index in [1.165, 1.54) is 28.0 Å². The molecule has 0 fully saturated rings. The van der Waals surface area contributed by atoms with Gasteiger partial charge in [-0.1, -0.05) is 35.0 Å².